The number of anilines is 1. The predicted molar refractivity (Wildman–Crippen MR) is 133 cm³/mol. The zero-order chi connectivity index (χ0) is 23.5. The second-order valence-corrected chi connectivity index (χ2v) is 8.54. The molecule has 4 aromatic rings. The molecule has 4 rings (SSSR count). The number of hydrogen-bond donors (Lipinski definition) is 1. The van der Waals surface area contributed by atoms with Gasteiger partial charge in [-0.25, -0.2) is 4.98 Å². The second kappa shape index (κ2) is 9.50. The molecule has 0 aliphatic carbocycles. The van der Waals surface area contributed by atoms with Gasteiger partial charge in [-0.3, -0.25) is 10.1 Å². The Morgan fingerprint density at radius 1 is 1.27 bits per heavy atom. The van der Waals surface area contributed by atoms with Gasteiger partial charge in [0.1, 0.15) is 17.1 Å². The van der Waals surface area contributed by atoms with E-state index in [1.807, 2.05) is 63.4 Å². The van der Waals surface area contributed by atoms with Crippen LogP contribution >= 0.6 is 11.3 Å². The molecule has 2 aromatic heterocycles. The van der Waals surface area contributed by atoms with Crippen molar-refractivity contribution >= 4 is 38.9 Å². The number of nitrogens with one attached hydrogen (secondary N) is 1. The highest BCUT2D eigenvalue weighted by Crippen LogP contribution is 2.41. The van der Waals surface area contributed by atoms with Crippen molar-refractivity contribution in [1.29, 1.82) is 0 Å². The van der Waals surface area contributed by atoms with E-state index in [0.29, 0.717) is 17.5 Å². The first-order valence-corrected chi connectivity index (χ1v) is 11.5. The van der Waals surface area contributed by atoms with Crippen LogP contribution in [0.5, 0.6) is 11.5 Å². The molecule has 33 heavy (non-hydrogen) atoms. The number of hydrogen-bond acceptors (Lipinski definition) is 6. The van der Waals surface area contributed by atoms with Crippen LogP contribution in [0.25, 0.3) is 27.7 Å². The monoisotopic (exact) mass is 462 g/mol. The van der Waals surface area contributed by atoms with Crippen LogP contribution < -0.4 is 14.8 Å². The Morgan fingerprint density at radius 2 is 2.09 bits per heavy atom. The summed E-state index contributed by atoms with van der Waals surface area (Å²) in [5.41, 5.74) is 6.09. The molecule has 2 aromatic carbocycles. The Kier molecular flexibility index (Phi) is 6.51. The molecule has 2 heterocycles. The molecule has 0 radical (unpaired) electrons. The summed E-state index contributed by atoms with van der Waals surface area (Å²) in [6.07, 6.45) is 3.33. The number of nitrogens with zero attached hydrogens (tertiary/aromatic N) is 1. The summed E-state index contributed by atoms with van der Waals surface area (Å²) in [6.45, 7) is 8.21. The Balaban J connectivity index is 1.80. The van der Waals surface area contributed by atoms with Crippen molar-refractivity contribution in [3.05, 3.63) is 64.9 Å². The van der Waals surface area contributed by atoms with Gasteiger partial charge in [-0.05, 0) is 57.0 Å². The van der Waals surface area contributed by atoms with Gasteiger partial charge in [-0.2, -0.15) is 0 Å². The van der Waals surface area contributed by atoms with E-state index in [0.717, 1.165) is 50.2 Å². The van der Waals surface area contributed by atoms with Crippen LogP contribution in [0.4, 0.5) is 5.13 Å². The largest absolute Gasteiger partial charge is 0.497 e. The lowest BCUT2D eigenvalue weighted by molar-refractivity contribution is -0.111. The number of carbonyl (C=O) groups is 1. The number of carbonyl (C=O) groups excluding carboxylic acids is 1. The lowest BCUT2D eigenvalue weighted by atomic mass is 9.96. The Morgan fingerprint density at radius 3 is 2.79 bits per heavy atom. The fourth-order valence-corrected chi connectivity index (χ4v) is 4.47. The van der Waals surface area contributed by atoms with Gasteiger partial charge in [-0.15, -0.1) is 11.3 Å². The van der Waals surface area contributed by atoms with E-state index in [9.17, 15) is 4.79 Å². The van der Waals surface area contributed by atoms with E-state index >= 15 is 0 Å². The fraction of sp³-hybridized carbons (Fsp3) is 0.231. The van der Waals surface area contributed by atoms with Crippen molar-refractivity contribution in [2.24, 2.45) is 0 Å². The Hall–Kier alpha value is -3.58. The molecule has 0 unspecified atom stereocenters. The van der Waals surface area contributed by atoms with E-state index in [-0.39, 0.29) is 5.91 Å². The molecule has 0 saturated heterocycles. The highest BCUT2D eigenvalue weighted by Gasteiger charge is 2.19. The topological polar surface area (TPSA) is 73.6 Å². The first-order valence-electron chi connectivity index (χ1n) is 10.6. The second-order valence-electron chi connectivity index (χ2n) is 7.68. The number of allylic oxidation sites excluding steroid dienone is 1. The summed E-state index contributed by atoms with van der Waals surface area (Å²) in [5, 5.41) is 6.25. The minimum atomic E-state index is -0.234. The first-order chi connectivity index (χ1) is 15.9. The lowest BCUT2D eigenvalue weighted by Gasteiger charge is -2.15. The third-order valence-corrected chi connectivity index (χ3v) is 6.21. The van der Waals surface area contributed by atoms with Gasteiger partial charge in [-0.1, -0.05) is 12.1 Å². The molecule has 0 fully saturated rings. The summed E-state index contributed by atoms with van der Waals surface area (Å²) >= 11 is 1.40. The number of benzene rings is 2. The van der Waals surface area contributed by atoms with Crippen LogP contribution in [0, 0.1) is 13.8 Å². The van der Waals surface area contributed by atoms with Crippen LogP contribution in [0.1, 0.15) is 30.7 Å². The Bertz CT molecular complexity index is 1350. The van der Waals surface area contributed by atoms with E-state index in [4.69, 9.17) is 13.9 Å². The van der Waals surface area contributed by atoms with Crippen LogP contribution in [0.15, 0.2) is 52.5 Å². The van der Waals surface area contributed by atoms with Crippen molar-refractivity contribution in [3.8, 4) is 22.6 Å². The number of amides is 1. The zero-order valence-electron chi connectivity index (χ0n) is 19.3. The predicted octanol–water partition coefficient (Wildman–Crippen LogP) is 6.62. The zero-order valence-corrected chi connectivity index (χ0v) is 20.1. The van der Waals surface area contributed by atoms with E-state index in [1.54, 1.807) is 19.4 Å². The third-order valence-electron chi connectivity index (χ3n) is 5.33. The summed E-state index contributed by atoms with van der Waals surface area (Å²) in [4.78, 5) is 16.9. The van der Waals surface area contributed by atoms with Crippen LogP contribution in [0.2, 0.25) is 0 Å². The quantitative estimate of drug-likeness (QED) is 0.312. The molecule has 0 bridgehead atoms. The van der Waals surface area contributed by atoms with Crippen molar-refractivity contribution < 1.29 is 18.7 Å². The van der Waals surface area contributed by atoms with Crippen LogP contribution in [-0.4, -0.2) is 24.6 Å². The lowest BCUT2D eigenvalue weighted by Crippen LogP contribution is -2.08. The van der Waals surface area contributed by atoms with Gasteiger partial charge in [0.2, 0.25) is 5.91 Å². The van der Waals surface area contributed by atoms with Crippen molar-refractivity contribution in [3.63, 3.8) is 0 Å². The number of aryl methyl sites for hydroxylation is 2. The molecule has 7 heteroatoms. The number of rotatable bonds is 7. The average molecular weight is 463 g/mol. The van der Waals surface area contributed by atoms with Gasteiger partial charge in [0.25, 0.3) is 0 Å². The molecule has 1 N–H and O–H groups in total. The van der Waals surface area contributed by atoms with Crippen LogP contribution in [0.3, 0.4) is 0 Å². The third kappa shape index (κ3) is 4.64. The number of methoxy groups -OCH3 is 1. The summed E-state index contributed by atoms with van der Waals surface area (Å²) in [7, 11) is 1.65. The van der Waals surface area contributed by atoms with E-state index in [1.165, 1.54) is 11.3 Å². The maximum absolute atomic E-state index is 12.6. The number of ether oxygens (including phenoxy) is 2. The van der Waals surface area contributed by atoms with E-state index in [2.05, 4.69) is 10.3 Å². The highest BCUT2D eigenvalue weighted by molar-refractivity contribution is 7.13. The summed E-state index contributed by atoms with van der Waals surface area (Å²) < 4.78 is 17.3. The summed E-state index contributed by atoms with van der Waals surface area (Å²) in [5.74, 6) is 1.25. The molecule has 0 saturated carbocycles. The van der Waals surface area contributed by atoms with Gasteiger partial charge in [0.05, 0.1) is 25.7 Å². The van der Waals surface area contributed by atoms with E-state index < -0.39 is 0 Å². The number of thiazole rings is 1. The number of furan rings is 1. The summed E-state index contributed by atoms with van der Waals surface area (Å²) in [6, 6.07) is 9.88. The standard InChI is InChI=1S/C26H26N2O4S/c1-6-31-24-17(4)25-21(22(13-32-25)18-8-7-9-19(11-18)30-5)12-20(24)15(2)10-23(29)28-26-27-16(3)14-33-26/h7-14H,6H2,1-5H3,(H,27,28,29)/b15-10+. The number of aromatic nitrogens is 1. The minimum absolute atomic E-state index is 0.234. The molecule has 6 nitrogen and oxygen atoms in total. The van der Waals surface area contributed by atoms with Crippen molar-refractivity contribution in [1.82, 2.24) is 4.98 Å². The smallest absolute Gasteiger partial charge is 0.250 e. The fourth-order valence-electron chi connectivity index (χ4n) is 3.78. The molecule has 0 aliphatic heterocycles. The SMILES string of the molecule is CCOc1c(/C(C)=C/C(=O)Nc2nc(C)cs2)cc2c(-c3cccc(OC)c3)coc2c1C. The molecular weight excluding hydrogens is 436 g/mol. The number of fused-ring (bicyclic) bond motifs is 1. The van der Waals surface area contributed by atoms with Gasteiger partial charge in [0, 0.05) is 33.5 Å². The molecule has 0 atom stereocenters. The van der Waals surface area contributed by atoms with Gasteiger partial charge < -0.3 is 13.9 Å². The maximum atomic E-state index is 12.6. The molecular formula is C26H26N2O4S. The average Bonchev–Trinajstić information content (AvgIpc) is 3.41. The maximum Gasteiger partial charge on any atom is 0.250 e. The minimum Gasteiger partial charge on any atom is -0.497 e. The van der Waals surface area contributed by atoms with Crippen molar-refractivity contribution in [2.45, 2.75) is 27.7 Å². The highest BCUT2D eigenvalue weighted by atomic mass is 32.1. The Labute approximate surface area is 196 Å². The first kappa shape index (κ1) is 22.6. The van der Waals surface area contributed by atoms with Crippen molar-refractivity contribution in [2.75, 3.05) is 19.0 Å². The molecule has 0 spiro atoms. The molecule has 0 aliphatic rings. The van der Waals surface area contributed by atoms with Gasteiger partial charge >= 0.3 is 0 Å². The van der Waals surface area contributed by atoms with Gasteiger partial charge in [0.15, 0.2) is 5.13 Å². The van der Waals surface area contributed by atoms with Crippen LogP contribution in [-0.2, 0) is 4.79 Å². The molecule has 1 amide bonds. The normalized spacial score (nSPS) is 11.6. The molecule has 170 valence electrons.